The number of piperidine rings is 1. The molecule has 5 N–H and O–H groups in total. The highest BCUT2D eigenvalue weighted by atomic mass is 31.2. The number of alkyl halides is 2. The van der Waals surface area contributed by atoms with Crippen LogP contribution < -0.4 is 32.3 Å². The fourth-order valence-corrected chi connectivity index (χ4v) is 12.7. The fraction of sp³-hybridized carbons (Fsp3) is 0.485. The number of carbonyl (C=O) groups excluding carboxylic acids is 8. The number of anilines is 1. The smallest absolute Gasteiger partial charge is 0.410 e. The Bertz CT molecular complexity index is 3760. The molecule has 26 heteroatoms. The van der Waals surface area contributed by atoms with Crippen molar-refractivity contribution in [3.8, 4) is 0 Å². The summed E-state index contributed by atoms with van der Waals surface area (Å²) >= 11 is 0. The number of halogens is 2. The highest BCUT2D eigenvalue weighted by molar-refractivity contribution is 7.54. The van der Waals surface area contributed by atoms with Crippen LogP contribution in [0.15, 0.2) is 95.8 Å². The third kappa shape index (κ3) is 17.2. The van der Waals surface area contributed by atoms with E-state index in [9.17, 15) is 47.7 Å². The molecule has 1 aromatic heterocycles. The minimum absolute atomic E-state index is 0.0597. The largest absolute Gasteiger partial charge is 0.438 e. The number of rotatable bonds is 29. The third-order valence-corrected chi connectivity index (χ3v) is 18.6. The van der Waals surface area contributed by atoms with Crippen LogP contribution in [-0.2, 0) is 116 Å². The van der Waals surface area contributed by atoms with Gasteiger partial charge < -0.3 is 35.3 Å². The number of carbonyl (C=O) groups is 8. The number of aryl methyl sites for hydroxylation is 4. The van der Waals surface area contributed by atoms with E-state index in [1.165, 1.54) is 69.2 Å². The Morgan fingerprint density at radius 3 is 2.04 bits per heavy atom. The number of imidazole rings is 1. The molecule has 0 bridgehead atoms. The van der Waals surface area contributed by atoms with E-state index in [0.29, 0.717) is 54.8 Å². The topological polar surface area (TPSA) is 301 Å². The van der Waals surface area contributed by atoms with Gasteiger partial charge in [0.1, 0.15) is 18.1 Å². The lowest BCUT2D eigenvalue weighted by Gasteiger charge is -2.31. The van der Waals surface area contributed by atoms with Crippen LogP contribution in [0.2, 0.25) is 0 Å². The van der Waals surface area contributed by atoms with Crippen molar-refractivity contribution in [3.05, 3.63) is 140 Å². The molecule has 0 aliphatic carbocycles. The van der Waals surface area contributed by atoms with Gasteiger partial charge in [-0.05, 0) is 152 Å². The quantitative estimate of drug-likeness (QED) is 0.00872. The van der Waals surface area contributed by atoms with Crippen LogP contribution >= 0.6 is 7.60 Å². The zero-order chi connectivity index (χ0) is 68.5. The van der Waals surface area contributed by atoms with E-state index in [2.05, 4.69) is 16.0 Å². The van der Waals surface area contributed by atoms with Crippen LogP contribution in [0.1, 0.15) is 145 Å². The first-order valence-electron chi connectivity index (χ1n) is 31.4. The molecular weight excluding hydrogens is 1240 g/mol. The second-order valence-electron chi connectivity index (χ2n) is 26.0. The molecule has 4 heterocycles. The highest BCUT2D eigenvalue weighted by Gasteiger charge is 2.56. The number of esters is 2. The molecule has 2 unspecified atom stereocenters. The maximum absolute atomic E-state index is 16.3. The Kier molecular flexibility index (Phi) is 23.2. The molecule has 0 spiro atoms. The van der Waals surface area contributed by atoms with Gasteiger partial charge in [0.2, 0.25) is 49.0 Å². The number of allylic oxidation sites excluding steroid dienone is 1. The van der Waals surface area contributed by atoms with E-state index in [1.807, 2.05) is 60.7 Å². The lowest BCUT2D eigenvalue weighted by Crippen LogP contribution is -2.56. The molecule has 6 amide bonds. The maximum Gasteiger partial charge on any atom is 0.410 e. The van der Waals surface area contributed by atoms with Gasteiger partial charge in [-0.1, -0.05) is 78.9 Å². The molecule has 0 saturated carbocycles. The number of nitrogens with zero attached hydrogens (tertiary/aromatic N) is 3. The summed E-state index contributed by atoms with van der Waals surface area (Å²) in [6, 6.07) is 19.9. The number of amides is 6. The van der Waals surface area contributed by atoms with Crippen LogP contribution in [0.25, 0.3) is 16.6 Å². The summed E-state index contributed by atoms with van der Waals surface area (Å²) in [5.41, 5.74) is 5.02. The van der Waals surface area contributed by atoms with Gasteiger partial charge in [0, 0.05) is 51.2 Å². The first kappa shape index (κ1) is 71.6. The van der Waals surface area contributed by atoms with Crippen molar-refractivity contribution in [2.45, 2.75) is 169 Å². The van der Waals surface area contributed by atoms with Crippen molar-refractivity contribution >= 4 is 77.3 Å². The van der Waals surface area contributed by atoms with Gasteiger partial charge in [0.15, 0.2) is 0 Å². The molecule has 8 rings (SSSR count). The SMILES string of the molecule is C/C(=C\C(=O)N[C@H]1CCc2cccc3c2N(C1=O)[C@H](C(=O)NC(CCC(N)=O)[C@@H](C)OCc1ccc(CCCOCCCc2cccc4c2n(C)c(=O)n4C2CCC(=O)NC2=O)cc1)C3)c1ccc(C(F)(F)P(=O)(OCOC(=O)C(C)(C)C)OCOC(=O)C(C)(C)C)cc1. The summed E-state index contributed by atoms with van der Waals surface area (Å²) in [6.07, 6.45) is 4.71. The average molecular weight is 1320 g/mol. The summed E-state index contributed by atoms with van der Waals surface area (Å²) in [5.74, 6) is -4.79. The Balaban J connectivity index is 0.837. The molecule has 1 saturated heterocycles. The summed E-state index contributed by atoms with van der Waals surface area (Å²) in [7, 11) is -3.92. The van der Waals surface area contributed by atoms with E-state index >= 15 is 8.78 Å². The number of para-hydroxylation sites is 2. The van der Waals surface area contributed by atoms with Gasteiger partial charge in [0.25, 0.3) is 0 Å². The molecule has 4 aromatic carbocycles. The van der Waals surface area contributed by atoms with E-state index in [4.69, 9.17) is 33.7 Å². The molecule has 0 radical (unpaired) electrons. The number of nitrogens with two attached hydrogens (primary N) is 1. The van der Waals surface area contributed by atoms with Crippen LogP contribution in [0.5, 0.6) is 0 Å². The van der Waals surface area contributed by atoms with Gasteiger partial charge in [-0.15, -0.1) is 0 Å². The molecule has 5 atom stereocenters. The summed E-state index contributed by atoms with van der Waals surface area (Å²) in [4.78, 5) is 119. The third-order valence-electron chi connectivity index (χ3n) is 16.8. The predicted molar refractivity (Wildman–Crippen MR) is 343 cm³/mol. The van der Waals surface area contributed by atoms with Crippen LogP contribution in [0.4, 0.5) is 14.5 Å². The molecule has 3 aliphatic heterocycles. The Morgan fingerprint density at radius 2 is 1.41 bits per heavy atom. The van der Waals surface area contributed by atoms with E-state index in [1.54, 1.807) is 25.5 Å². The van der Waals surface area contributed by atoms with E-state index < -0.39 is 115 Å². The highest BCUT2D eigenvalue weighted by Crippen LogP contribution is 2.67. The minimum atomic E-state index is -5.61. The van der Waals surface area contributed by atoms with Crippen LogP contribution in [0, 0.1) is 10.8 Å². The summed E-state index contributed by atoms with van der Waals surface area (Å²) in [5, 5.41) is 8.19. The van der Waals surface area contributed by atoms with Crippen molar-refractivity contribution in [1.29, 1.82) is 0 Å². The van der Waals surface area contributed by atoms with Crippen LogP contribution in [-0.4, -0.2) is 108 Å². The number of hydrogen-bond acceptors (Lipinski definition) is 16. The zero-order valence-corrected chi connectivity index (χ0v) is 55.4. The monoisotopic (exact) mass is 1320 g/mol. The normalized spacial score (nSPS) is 17.6. The number of ether oxygens (including phenoxy) is 4. The fourth-order valence-electron chi connectivity index (χ4n) is 11.4. The molecule has 23 nitrogen and oxygen atoms in total. The maximum atomic E-state index is 16.3. The number of fused-ring (bicyclic) bond motifs is 1. The number of primary amides is 1. The minimum Gasteiger partial charge on any atom is -0.438 e. The Hall–Kier alpha value is -8.22. The molecule has 506 valence electrons. The number of aromatic nitrogens is 2. The number of benzene rings is 4. The summed E-state index contributed by atoms with van der Waals surface area (Å²) in [6.45, 7) is 11.3. The lowest BCUT2D eigenvalue weighted by molar-refractivity contribution is -0.163. The van der Waals surface area contributed by atoms with Crippen molar-refractivity contribution in [2.24, 2.45) is 23.6 Å². The zero-order valence-electron chi connectivity index (χ0n) is 54.5. The Labute approximate surface area is 544 Å². The molecule has 5 aromatic rings. The number of hydrogen-bond donors (Lipinski definition) is 4. The van der Waals surface area contributed by atoms with Gasteiger partial charge in [-0.3, -0.25) is 71.3 Å². The van der Waals surface area contributed by atoms with Gasteiger partial charge in [-0.2, -0.15) is 8.78 Å². The lowest BCUT2D eigenvalue weighted by atomic mass is 9.98. The average Bonchev–Trinajstić information content (AvgIpc) is 1.58. The van der Waals surface area contributed by atoms with Crippen molar-refractivity contribution < 1.29 is 79.7 Å². The van der Waals surface area contributed by atoms with Gasteiger partial charge >= 0.3 is 30.9 Å². The second-order valence-corrected chi connectivity index (χ2v) is 28.1. The molecule has 1 fully saturated rings. The Morgan fingerprint density at radius 1 is 0.798 bits per heavy atom. The summed E-state index contributed by atoms with van der Waals surface area (Å²) < 4.78 is 81.6. The number of imide groups is 1. The van der Waals surface area contributed by atoms with Gasteiger partial charge in [0.05, 0.1) is 46.3 Å². The number of nitrogens with one attached hydrogen (secondary N) is 3. The second kappa shape index (κ2) is 30.5. The van der Waals surface area contributed by atoms with Gasteiger partial charge in [-0.25, -0.2) is 4.79 Å². The molecule has 3 aliphatic rings. The first-order chi connectivity index (χ1) is 44.4. The first-order valence-corrected chi connectivity index (χ1v) is 33.0. The van der Waals surface area contributed by atoms with Crippen molar-refractivity contribution in [2.75, 3.05) is 31.7 Å². The van der Waals surface area contributed by atoms with E-state index in [0.717, 1.165) is 58.3 Å². The molecule has 94 heavy (non-hydrogen) atoms. The van der Waals surface area contributed by atoms with Crippen molar-refractivity contribution in [3.63, 3.8) is 0 Å². The standard InChI is InChI=1S/C68H84F2N7O16P/c1-41(45-24-27-49(28-25-45)68(69,70)94(87,92-39-90-63(84)66(3,4)5)93-40-91-64(85)67(6,7)8)36-57(80)72-51-29-26-47-15-10-17-48-37-54(77(58(47)48)62(51)83)61(82)73-50(30-32-55(71)78)42(2)89-38-44-22-20-43(21-23-44)14-12-34-88-35-13-18-46-16-11-19-52-59(46)75(9)65(86)76(52)53-31-33-56(79)74-60(53)81/h10-11,15-17,19-25,27-28,36,42,50-51,53-54H,12-14,18,26,29-35,37-40H2,1-9H3,(H2,71,78)(H,72,80)(H,73,82)(H,74,79,81)/b41-36+/t42-,50?,51+,53?,54+/m1/s1. The predicted octanol–water partition coefficient (Wildman–Crippen LogP) is 8.42. The van der Waals surface area contributed by atoms with Crippen molar-refractivity contribution in [1.82, 2.24) is 25.1 Å². The molecular formula is C68H84F2N7O16P. The van der Waals surface area contributed by atoms with E-state index in [-0.39, 0.29) is 56.7 Å². The van der Waals surface area contributed by atoms with Crippen LogP contribution in [0.3, 0.4) is 0 Å².